The van der Waals surface area contributed by atoms with E-state index in [1.54, 1.807) is 7.11 Å². The number of benzene rings is 1. The van der Waals surface area contributed by atoms with Gasteiger partial charge < -0.3 is 14.4 Å². The highest BCUT2D eigenvalue weighted by molar-refractivity contribution is 5.77. The van der Waals surface area contributed by atoms with Crippen molar-refractivity contribution in [2.45, 2.75) is 46.1 Å². The Morgan fingerprint density at radius 2 is 2.17 bits per heavy atom. The molecule has 1 aliphatic rings. The second-order valence-corrected chi connectivity index (χ2v) is 6.79. The van der Waals surface area contributed by atoms with Gasteiger partial charge in [0.2, 0.25) is 5.91 Å². The molecule has 0 radical (unpaired) electrons. The maximum atomic E-state index is 12.8. The molecule has 1 aromatic carbocycles. The van der Waals surface area contributed by atoms with Crippen LogP contribution in [-0.2, 0) is 9.53 Å². The summed E-state index contributed by atoms with van der Waals surface area (Å²) in [5.41, 5.74) is 2.33. The minimum atomic E-state index is 0.168. The first-order chi connectivity index (χ1) is 10.9. The molecular weight excluding hydrogens is 290 g/mol. The molecule has 0 aliphatic carbocycles. The molecule has 1 saturated heterocycles. The number of nitrogens with zero attached hydrogens (tertiary/aromatic N) is 1. The third kappa shape index (κ3) is 4.25. The first kappa shape index (κ1) is 17.8. The fourth-order valence-corrected chi connectivity index (χ4v) is 3.27. The van der Waals surface area contributed by atoms with Crippen LogP contribution in [0.3, 0.4) is 0 Å². The molecular formula is C19H29NO3. The van der Waals surface area contributed by atoms with Crippen molar-refractivity contribution in [2.24, 2.45) is 5.92 Å². The largest absolute Gasteiger partial charge is 0.496 e. The van der Waals surface area contributed by atoms with Crippen LogP contribution in [0.1, 0.15) is 44.2 Å². The number of hydrogen-bond acceptors (Lipinski definition) is 3. The molecule has 4 nitrogen and oxygen atoms in total. The molecule has 0 aromatic heterocycles. The summed E-state index contributed by atoms with van der Waals surface area (Å²) in [6.45, 7) is 10.4. The van der Waals surface area contributed by atoms with Crippen molar-refractivity contribution < 1.29 is 14.3 Å². The number of ether oxygens (including phenoxy) is 2. The molecule has 128 valence electrons. The third-order valence-electron chi connectivity index (χ3n) is 4.73. The number of aryl methyl sites for hydroxylation is 1. The van der Waals surface area contributed by atoms with Crippen LogP contribution in [0, 0.1) is 12.8 Å². The zero-order valence-electron chi connectivity index (χ0n) is 15.0. The molecule has 0 bridgehead atoms. The molecule has 0 N–H and O–H groups in total. The summed E-state index contributed by atoms with van der Waals surface area (Å²) in [6, 6.07) is 6.41. The SMILES string of the molecule is COc1ccc(C(CC(=O)N2CCOCC2C)C(C)C)cc1C. The number of amides is 1. The molecule has 0 spiro atoms. The summed E-state index contributed by atoms with van der Waals surface area (Å²) in [6.07, 6.45) is 0.549. The zero-order chi connectivity index (χ0) is 17.0. The van der Waals surface area contributed by atoms with Crippen molar-refractivity contribution >= 4 is 5.91 Å². The Morgan fingerprint density at radius 1 is 1.43 bits per heavy atom. The summed E-state index contributed by atoms with van der Waals surface area (Å²) >= 11 is 0. The van der Waals surface area contributed by atoms with Crippen LogP contribution in [-0.4, -0.2) is 43.7 Å². The number of rotatable bonds is 5. The maximum absolute atomic E-state index is 12.8. The van der Waals surface area contributed by atoms with E-state index in [-0.39, 0.29) is 17.9 Å². The van der Waals surface area contributed by atoms with Gasteiger partial charge in [-0.05, 0) is 42.9 Å². The predicted molar refractivity (Wildman–Crippen MR) is 91.9 cm³/mol. The quantitative estimate of drug-likeness (QED) is 0.835. The first-order valence-corrected chi connectivity index (χ1v) is 8.45. The summed E-state index contributed by atoms with van der Waals surface area (Å²) in [4.78, 5) is 14.7. The lowest BCUT2D eigenvalue weighted by Gasteiger charge is -2.35. The zero-order valence-corrected chi connectivity index (χ0v) is 15.0. The molecule has 2 atom stereocenters. The Kier molecular flexibility index (Phi) is 6.05. The Labute approximate surface area is 139 Å². The number of carbonyl (C=O) groups excluding carboxylic acids is 1. The van der Waals surface area contributed by atoms with Crippen LogP contribution in [0.5, 0.6) is 5.75 Å². The van der Waals surface area contributed by atoms with Gasteiger partial charge in [-0.2, -0.15) is 0 Å². The van der Waals surface area contributed by atoms with Crippen molar-refractivity contribution in [3.05, 3.63) is 29.3 Å². The number of hydrogen-bond donors (Lipinski definition) is 0. The van der Waals surface area contributed by atoms with Gasteiger partial charge in [0.05, 0.1) is 26.4 Å². The molecule has 1 amide bonds. The van der Waals surface area contributed by atoms with Gasteiger partial charge in [0.25, 0.3) is 0 Å². The molecule has 1 aromatic rings. The van der Waals surface area contributed by atoms with E-state index in [1.807, 2.05) is 17.9 Å². The summed E-state index contributed by atoms with van der Waals surface area (Å²) in [5, 5.41) is 0. The van der Waals surface area contributed by atoms with Crippen molar-refractivity contribution in [1.29, 1.82) is 0 Å². The van der Waals surface area contributed by atoms with E-state index in [1.165, 1.54) is 5.56 Å². The van der Waals surface area contributed by atoms with E-state index in [2.05, 4.69) is 32.9 Å². The smallest absolute Gasteiger partial charge is 0.223 e. The van der Waals surface area contributed by atoms with Gasteiger partial charge in [-0.15, -0.1) is 0 Å². The number of morpholine rings is 1. The van der Waals surface area contributed by atoms with Gasteiger partial charge in [0.15, 0.2) is 0 Å². The Hall–Kier alpha value is -1.55. The molecule has 1 fully saturated rings. The van der Waals surface area contributed by atoms with Crippen LogP contribution < -0.4 is 4.74 Å². The normalized spacial score (nSPS) is 19.7. The van der Waals surface area contributed by atoms with Crippen LogP contribution in [0.2, 0.25) is 0 Å². The lowest BCUT2D eigenvalue weighted by atomic mass is 9.84. The second kappa shape index (κ2) is 7.82. The number of methoxy groups -OCH3 is 1. The van der Waals surface area contributed by atoms with E-state index < -0.39 is 0 Å². The Morgan fingerprint density at radius 3 is 2.74 bits per heavy atom. The first-order valence-electron chi connectivity index (χ1n) is 8.45. The molecule has 4 heteroatoms. The number of carbonyl (C=O) groups is 1. The van der Waals surface area contributed by atoms with Crippen molar-refractivity contribution in [3.8, 4) is 5.75 Å². The highest BCUT2D eigenvalue weighted by atomic mass is 16.5. The highest BCUT2D eigenvalue weighted by Gasteiger charge is 2.28. The van der Waals surface area contributed by atoms with E-state index >= 15 is 0 Å². The summed E-state index contributed by atoms with van der Waals surface area (Å²) in [7, 11) is 1.69. The Balaban J connectivity index is 2.15. The van der Waals surface area contributed by atoms with E-state index in [0.717, 1.165) is 11.3 Å². The predicted octanol–water partition coefficient (Wildman–Crippen LogP) is 3.38. The lowest BCUT2D eigenvalue weighted by Crippen LogP contribution is -2.47. The average Bonchev–Trinajstić information content (AvgIpc) is 2.52. The molecule has 2 unspecified atom stereocenters. The topological polar surface area (TPSA) is 38.8 Å². The van der Waals surface area contributed by atoms with E-state index in [4.69, 9.17) is 9.47 Å². The minimum Gasteiger partial charge on any atom is -0.496 e. The van der Waals surface area contributed by atoms with Gasteiger partial charge in [-0.1, -0.05) is 26.0 Å². The molecule has 0 saturated carbocycles. The van der Waals surface area contributed by atoms with Crippen LogP contribution in [0.25, 0.3) is 0 Å². The van der Waals surface area contributed by atoms with Crippen molar-refractivity contribution in [2.75, 3.05) is 26.9 Å². The minimum absolute atomic E-state index is 0.168. The van der Waals surface area contributed by atoms with Gasteiger partial charge in [0, 0.05) is 13.0 Å². The average molecular weight is 319 g/mol. The van der Waals surface area contributed by atoms with Crippen molar-refractivity contribution in [1.82, 2.24) is 4.90 Å². The standard InChI is InChI=1S/C19H29NO3/c1-13(2)17(16-6-7-18(22-5)14(3)10-16)11-19(21)20-8-9-23-12-15(20)4/h6-7,10,13,15,17H,8-9,11-12H2,1-5H3. The Bertz CT molecular complexity index is 541. The van der Waals surface area contributed by atoms with Gasteiger partial charge in [0.1, 0.15) is 5.75 Å². The monoisotopic (exact) mass is 319 g/mol. The van der Waals surface area contributed by atoms with Crippen LogP contribution in [0.15, 0.2) is 18.2 Å². The van der Waals surface area contributed by atoms with Gasteiger partial charge >= 0.3 is 0 Å². The summed E-state index contributed by atoms with van der Waals surface area (Å²) in [5.74, 6) is 1.75. The molecule has 23 heavy (non-hydrogen) atoms. The summed E-state index contributed by atoms with van der Waals surface area (Å²) < 4.78 is 10.8. The lowest BCUT2D eigenvalue weighted by molar-refractivity contribution is -0.139. The van der Waals surface area contributed by atoms with Crippen LogP contribution in [0.4, 0.5) is 0 Å². The highest BCUT2D eigenvalue weighted by Crippen LogP contribution is 2.32. The second-order valence-electron chi connectivity index (χ2n) is 6.79. The van der Waals surface area contributed by atoms with Gasteiger partial charge in [-0.25, -0.2) is 0 Å². The van der Waals surface area contributed by atoms with Crippen molar-refractivity contribution in [3.63, 3.8) is 0 Å². The molecule has 2 rings (SSSR count). The molecule has 1 heterocycles. The van der Waals surface area contributed by atoms with E-state index in [9.17, 15) is 4.79 Å². The van der Waals surface area contributed by atoms with Gasteiger partial charge in [-0.3, -0.25) is 4.79 Å². The fraction of sp³-hybridized carbons (Fsp3) is 0.632. The fourth-order valence-electron chi connectivity index (χ4n) is 3.27. The van der Waals surface area contributed by atoms with Crippen LogP contribution >= 0.6 is 0 Å². The molecule has 1 aliphatic heterocycles. The third-order valence-corrected chi connectivity index (χ3v) is 4.73. The maximum Gasteiger partial charge on any atom is 0.223 e. The van der Waals surface area contributed by atoms with E-state index in [0.29, 0.717) is 32.1 Å².